The van der Waals surface area contributed by atoms with Gasteiger partial charge < -0.3 is 0 Å². The highest BCUT2D eigenvalue weighted by Crippen LogP contribution is 2.23. The van der Waals surface area contributed by atoms with Crippen molar-refractivity contribution >= 4 is 22.4 Å². The van der Waals surface area contributed by atoms with Gasteiger partial charge in [-0.05, 0) is 5.56 Å². The van der Waals surface area contributed by atoms with E-state index in [2.05, 4.69) is 4.98 Å². The van der Waals surface area contributed by atoms with Crippen LogP contribution in [0.1, 0.15) is 10.4 Å². The lowest BCUT2D eigenvalue weighted by atomic mass is 10.1. The Balaban J connectivity index is 2.02. The Bertz CT molecular complexity index is 566. The molecular weight excluding hydrogens is 277 g/mol. The molecule has 0 bridgehead atoms. The smallest absolute Gasteiger partial charge is 0.294 e. The summed E-state index contributed by atoms with van der Waals surface area (Å²) in [6, 6.07) is 9.46. The summed E-state index contributed by atoms with van der Waals surface area (Å²) in [5.74, 6) is -2.01. The SMILES string of the molecule is O=C(Nc1ncc(Cc2ccccc2)s1)C(F)(F)F. The average Bonchev–Trinajstić information content (AvgIpc) is 2.76. The van der Waals surface area contributed by atoms with E-state index in [1.165, 1.54) is 6.20 Å². The largest absolute Gasteiger partial charge is 0.471 e. The average molecular weight is 286 g/mol. The van der Waals surface area contributed by atoms with Gasteiger partial charge in [-0.3, -0.25) is 10.1 Å². The number of carbonyl (C=O) groups is 1. The van der Waals surface area contributed by atoms with Crippen LogP contribution in [0, 0.1) is 0 Å². The summed E-state index contributed by atoms with van der Waals surface area (Å²) >= 11 is 1.03. The third kappa shape index (κ3) is 3.78. The highest BCUT2D eigenvalue weighted by molar-refractivity contribution is 7.15. The Labute approximate surface area is 111 Å². The van der Waals surface area contributed by atoms with Gasteiger partial charge in [0.1, 0.15) is 0 Å². The van der Waals surface area contributed by atoms with Crippen LogP contribution in [0.3, 0.4) is 0 Å². The number of halogens is 3. The molecule has 7 heteroatoms. The monoisotopic (exact) mass is 286 g/mol. The van der Waals surface area contributed by atoms with E-state index in [4.69, 9.17) is 0 Å². The summed E-state index contributed by atoms with van der Waals surface area (Å²) < 4.78 is 36.2. The van der Waals surface area contributed by atoms with Crippen LogP contribution in [0.4, 0.5) is 18.3 Å². The van der Waals surface area contributed by atoms with Gasteiger partial charge in [0, 0.05) is 17.5 Å². The van der Waals surface area contributed by atoms with Crippen molar-refractivity contribution in [3.05, 3.63) is 47.0 Å². The number of carbonyl (C=O) groups excluding carboxylic acids is 1. The van der Waals surface area contributed by atoms with Crippen LogP contribution in [-0.4, -0.2) is 17.1 Å². The highest BCUT2D eigenvalue weighted by atomic mass is 32.1. The third-order valence-electron chi connectivity index (χ3n) is 2.25. The molecular formula is C12H9F3N2OS. The van der Waals surface area contributed by atoms with Crippen LogP contribution >= 0.6 is 11.3 Å². The van der Waals surface area contributed by atoms with Gasteiger partial charge in [-0.15, -0.1) is 11.3 Å². The van der Waals surface area contributed by atoms with Crippen LogP contribution in [0.5, 0.6) is 0 Å². The molecule has 0 aliphatic rings. The number of thiazole rings is 1. The fourth-order valence-electron chi connectivity index (χ4n) is 1.41. The van der Waals surface area contributed by atoms with Gasteiger partial charge in [0.15, 0.2) is 5.13 Å². The molecule has 0 radical (unpaired) electrons. The molecule has 0 fully saturated rings. The van der Waals surface area contributed by atoms with Gasteiger partial charge in [0.2, 0.25) is 0 Å². The molecule has 1 amide bonds. The lowest BCUT2D eigenvalue weighted by Crippen LogP contribution is -2.29. The molecule has 0 spiro atoms. The number of nitrogens with one attached hydrogen (secondary N) is 1. The predicted molar refractivity (Wildman–Crippen MR) is 66.0 cm³/mol. The van der Waals surface area contributed by atoms with E-state index in [1.54, 1.807) is 5.32 Å². The second-order valence-corrected chi connectivity index (χ2v) is 4.86. The van der Waals surface area contributed by atoms with Gasteiger partial charge in [0.25, 0.3) is 0 Å². The topological polar surface area (TPSA) is 42.0 Å². The standard InChI is InChI=1S/C12H9F3N2OS/c13-12(14,15)10(18)17-11-16-7-9(19-11)6-8-4-2-1-3-5-8/h1-5,7H,6H2,(H,16,17,18). The van der Waals surface area contributed by atoms with Gasteiger partial charge in [-0.1, -0.05) is 30.3 Å². The van der Waals surface area contributed by atoms with E-state index in [9.17, 15) is 18.0 Å². The molecule has 3 nitrogen and oxygen atoms in total. The minimum absolute atomic E-state index is 0.0479. The summed E-state index contributed by atoms with van der Waals surface area (Å²) in [4.78, 5) is 15.3. The third-order valence-corrected chi connectivity index (χ3v) is 3.17. The van der Waals surface area contributed by atoms with Crippen molar-refractivity contribution in [3.8, 4) is 0 Å². The molecule has 0 saturated carbocycles. The quantitative estimate of drug-likeness (QED) is 0.941. The maximum absolute atomic E-state index is 12.1. The van der Waals surface area contributed by atoms with Crippen LogP contribution in [0.2, 0.25) is 0 Å². The first-order valence-electron chi connectivity index (χ1n) is 5.32. The predicted octanol–water partition coefficient (Wildman–Crippen LogP) is 3.23. The first-order valence-corrected chi connectivity index (χ1v) is 6.13. The van der Waals surface area contributed by atoms with Gasteiger partial charge in [0.05, 0.1) is 0 Å². The van der Waals surface area contributed by atoms with Gasteiger partial charge >= 0.3 is 12.1 Å². The normalized spacial score (nSPS) is 11.3. The van der Waals surface area contributed by atoms with E-state index in [0.717, 1.165) is 21.8 Å². The fraction of sp³-hybridized carbons (Fsp3) is 0.167. The molecule has 0 atom stereocenters. The Morgan fingerprint density at radius 1 is 1.26 bits per heavy atom. The van der Waals surface area contributed by atoms with Crippen molar-refractivity contribution in [1.29, 1.82) is 0 Å². The molecule has 2 aromatic rings. The molecule has 100 valence electrons. The molecule has 0 saturated heterocycles. The zero-order valence-electron chi connectivity index (χ0n) is 9.57. The lowest BCUT2D eigenvalue weighted by molar-refractivity contribution is -0.167. The molecule has 0 aliphatic heterocycles. The maximum Gasteiger partial charge on any atom is 0.471 e. The summed E-state index contributed by atoms with van der Waals surface area (Å²) in [5.41, 5.74) is 1.03. The summed E-state index contributed by atoms with van der Waals surface area (Å²) in [6.07, 6.45) is -2.87. The number of alkyl halides is 3. The fourth-order valence-corrected chi connectivity index (χ4v) is 2.25. The minimum Gasteiger partial charge on any atom is -0.294 e. The Morgan fingerprint density at radius 3 is 2.58 bits per heavy atom. The second kappa shape index (κ2) is 5.40. The van der Waals surface area contributed by atoms with Gasteiger partial charge in [-0.2, -0.15) is 13.2 Å². The Hall–Kier alpha value is -1.89. The number of benzene rings is 1. The maximum atomic E-state index is 12.1. The molecule has 1 aromatic carbocycles. The van der Waals surface area contributed by atoms with Crippen LogP contribution in [0.15, 0.2) is 36.5 Å². The van der Waals surface area contributed by atoms with E-state index >= 15 is 0 Å². The molecule has 0 aliphatic carbocycles. The van der Waals surface area contributed by atoms with Gasteiger partial charge in [-0.25, -0.2) is 4.98 Å². The Kier molecular flexibility index (Phi) is 3.84. The molecule has 0 unspecified atom stereocenters. The van der Waals surface area contributed by atoms with Crippen molar-refractivity contribution < 1.29 is 18.0 Å². The van der Waals surface area contributed by atoms with Crippen LogP contribution in [0.25, 0.3) is 0 Å². The summed E-state index contributed by atoms with van der Waals surface area (Å²) in [6.45, 7) is 0. The van der Waals surface area contributed by atoms with Crippen molar-refractivity contribution in [2.75, 3.05) is 5.32 Å². The highest BCUT2D eigenvalue weighted by Gasteiger charge is 2.39. The van der Waals surface area contributed by atoms with Crippen molar-refractivity contribution in [2.24, 2.45) is 0 Å². The van der Waals surface area contributed by atoms with E-state index in [-0.39, 0.29) is 5.13 Å². The Morgan fingerprint density at radius 2 is 1.95 bits per heavy atom. The molecule has 19 heavy (non-hydrogen) atoms. The first kappa shape index (κ1) is 13.5. The molecule has 1 aromatic heterocycles. The van der Waals surface area contributed by atoms with E-state index < -0.39 is 12.1 Å². The number of nitrogens with zero attached hydrogens (tertiary/aromatic N) is 1. The van der Waals surface area contributed by atoms with Crippen LogP contribution in [-0.2, 0) is 11.2 Å². The molecule has 2 rings (SSSR count). The minimum atomic E-state index is -4.90. The number of hydrogen-bond donors (Lipinski definition) is 1. The van der Waals surface area contributed by atoms with E-state index in [0.29, 0.717) is 6.42 Å². The number of hydrogen-bond acceptors (Lipinski definition) is 3. The number of amides is 1. The summed E-state index contributed by atoms with van der Waals surface area (Å²) in [7, 11) is 0. The van der Waals surface area contributed by atoms with Crippen molar-refractivity contribution in [2.45, 2.75) is 12.6 Å². The second-order valence-electron chi connectivity index (χ2n) is 3.75. The van der Waals surface area contributed by atoms with Crippen LogP contribution < -0.4 is 5.32 Å². The lowest BCUT2D eigenvalue weighted by Gasteiger charge is -2.04. The van der Waals surface area contributed by atoms with Crippen molar-refractivity contribution in [1.82, 2.24) is 4.98 Å². The molecule has 1 heterocycles. The first-order chi connectivity index (χ1) is 8.95. The number of anilines is 1. The number of rotatable bonds is 3. The van der Waals surface area contributed by atoms with E-state index in [1.807, 2.05) is 30.3 Å². The zero-order valence-corrected chi connectivity index (χ0v) is 10.4. The zero-order chi connectivity index (χ0) is 13.9. The number of aromatic nitrogens is 1. The summed E-state index contributed by atoms with van der Waals surface area (Å²) in [5, 5.41) is 1.68. The van der Waals surface area contributed by atoms with Crippen molar-refractivity contribution in [3.63, 3.8) is 0 Å². The molecule has 1 N–H and O–H groups in total.